The molecule has 0 N–H and O–H groups in total. The Kier molecular flexibility index (Phi) is 7.81. The molecule has 0 spiro atoms. The predicted molar refractivity (Wildman–Crippen MR) is 222 cm³/mol. The Bertz CT molecular complexity index is 2600. The Hall–Kier alpha value is -5.82. The van der Waals surface area contributed by atoms with Crippen LogP contribution in [-0.4, -0.2) is 9.97 Å². The topological polar surface area (TPSA) is 32.3 Å². The largest absolute Gasteiger partial charge is 0.308 e. The fourth-order valence-electron chi connectivity index (χ4n) is 7.54. The van der Waals surface area contributed by atoms with E-state index in [1.54, 1.807) is 0 Å². The number of rotatable bonds is 5. The standard InChI is InChI=1S/C47H34N4S2/c1-3-31-29-37-36(28-30(31)2)48-46(32-20-24-34(25-21-32)50-38-12-4-8-16-42(38)52-43-17-9-5-13-39(43)50)47(49-37)33-22-26-35(27-23-33)51-40-14-6-10-18-44(40)53-45-19-11-7-15-41(45)51/h4-29H,3H2,1-2H3. The molecule has 7 aromatic carbocycles. The summed E-state index contributed by atoms with van der Waals surface area (Å²) in [5.74, 6) is 0. The molecule has 2 aliphatic heterocycles. The van der Waals surface area contributed by atoms with Crippen molar-refractivity contribution in [3.05, 3.63) is 169 Å². The van der Waals surface area contributed by atoms with E-state index in [-0.39, 0.29) is 0 Å². The van der Waals surface area contributed by atoms with E-state index in [2.05, 4.69) is 181 Å². The van der Waals surface area contributed by atoms with E-state index in [0.29, 0.717) is 0 Å². The van der Waals surface area contributed by atoms with E-state index in [1.807, 2.05) is 23.5 Å². The average molecular weight is 719 g/mol. The van der Waals surface area contributed by atoms with Crippen LogP contribution in [-0.2, 0) is 6.42 Å². The first kappa shape index (κ1) is 31.9. The molecule has 53 heavy (non-hydrogen) atoms. The third-order valence-corrected chi connectivity index (χ3v) is 12.4. The van der Waals surface area contributed by atoms with Crippen LogP contribution in [0.15, 0.2) is 177 Å². The molecule has 0 saturated carbocycles. The minimum absolute atomic E-state index is 0.875. The van der Waals surface area contributed by atoms with Crippen LogP contribution >= 0.6 is 23.5 Å². The Morgan fingerprint density at radius 1 is 0.453 bits per heavy atom. The summed E-state index contributed by atoms with van der Waals surface area (Å²) >= 11 is 3.65. The van der Waals surface area contributed by atoms with Crippen molar-refractivity contribution in [2.45, 2.75) is 39.9 Å². The summed E-state index contributed by atoms with van der Waals surface area (Å²) in [5, 5.41) is 0. The van der Waals surface area contributed by atoms with Crippen molar-refractivity contribution in [2.75, 3.05) is 9.80 Å². The van der Waals surface area contributed by atoms with E-state index < -0.39 is 0 Å². The first-order valence-electron chi connectivity index (χ1n) is 18.0. The summed E-state index contributed by atoms with van der Waals surface area (Å²) < 4.78 is 0. The molecule has 6 heteroatoms. The van der Waals surface area contributed by atoms with Gasteiger partial charge in [-0.2, -0.15) is 0 Å². The zero-order valence-corrected chi connectivity index (χ0v) is 31.0. The van der Waals surface area contributed by atoms with Crippen molar-refractivity contribution in [2.24, 2.45) is 0 Å². The second-order valence-corrected chi connectivity index (χ2v) is 15.5. The van der Waals surface area contributed by atoms with Gasteiger partial charge >= 0.3 is 0 Å². The van der Waals surface area contributed by atoms with Gasteiger partial charge in [-0.1, -0.05) is 103 Å². The molecule has 3 heterocycles. The second kappa shape index (κ2) is 13.0. The Balaban J connectivity index is 1.09. The number of benzene rings is 7. The van der Waals surface area contributed by atoms with Crippen LogP contribution in [0.3, 0.4) is 0 Å². The van der Waals surface area contributed by atoms with Crippen molar-refractivity contribution < 1.29 is 0 Å². The highest BCUT2D eigenvalue weighted by Crippen LogP contribution is 2.53. The zero-order chi connectivity index (χ0) is 35.5. The number of nitrogens with zero attached hydrogens (tertiary/aromatic N) is 4. The van der Waals surface area contributed by atoms with Gasteiger partial charge in [0.1, 0.15) is 0 Å². The maximum absolute atomic E-state index is 5.36. The molecule has 0 fully saturated rings. The number of aryl methyl sites for hydroxylation is 2. The maximum atomic E-state index is 5.36. The lowest BCUT2D eigenvalue weighted by molar-refractivity contribution is 1.11. The summed E-state index contributed by atoms with van der Waals surface area (Å²) in [5.41, 5.74) is 15.2. The minimum atomic E-state index is 0.875. The number of hydrogen-bond acceptors (Lipinski definition) is 6. The summed E-state index contributed by atoms with van der Waals surface area (Å²) in [7, 11) is 0. The predicted octanol–water partition coefficient (Wildman–Crippen LogP) is 13.7. The molecular formula is C47H34N4S2. The van der Waals surface area contributed by atoms with Gasteiger partial charge < -0.3 is 9.80 Å². The number of para-hydroxylation sites is 4. The quantitative estimate of drug-likeness (QED) is 0.176. The lowest BCUT2D eigenvalue weighted by atomic mass is 10.0. The second-order valence-electron chi connectivity index (χ2n) is 13.4. The average Bonchev–Trinajstić information content (AvgIpc) is 3.21. The SMILES string of the molecule is CCc1cc2nc(-c3ccc(N4c5ccccc5Sc5ccccc54)cc3)c(-c3ccc(N4c5ccccc5Sc5ccccc54)cc3)nc2cc1C. The van der Waals surface area contributed by atoms with E-state index in [1.165, 1.54) is 53.5 Å². The van der Waals surface area contributed by atoms with Crippen molar-refractivity contribution >= 4 is 68.7 Å². The Labute approximate surface area is 318 Å². The van der Waals surface area contributed by atoms with Gasteiger partial charge in [0, 0.05) is 42.1 Å². The van der Waals surface area contributed by atoms with Crippen LogP contribution in [0.1, 0.15) is 18.1 Å². The van der Waals surface area contributed by atoms with E-state index in [9.17, 15) is 0 Å². The van der Waals surface area contributed by atoms with Crippen LogP contribution in [0.4, 0.5) is 34.1 Å². The van der Waals surface area contributed by atoms with Crippen molar-refractivity contribution in [3.63, 3.8) is 0 Å². The first-order valence-corrected chi connectivity index (χ1v) is 19.6. The normalized spacial score (nSPS) is 12.9. The van der Waals surface area contributed by atoms with Gasteiger partial charge in [-0.3, -0.25) is 0 Å². The Morgan fingerprint density at radius 3 is 1.19 bits per heavy atom. The molecule has 4 nitrogen and oxygen atoms in total. The summed E-state index contributed by atoms with van der Waals surface area (Å²) in [6.07, 6.45) is 0.953. The van der Waals surface area contributed by atoms with Crippen molar-refractivity contribution in [3.8, 4) is 22.5 Å². The number of fused-ring (bicyclic) bond motifs is 5. The van der Waals surface area contributed by atoms with Gasteiger partial charge in [0.15, 0.2) is 0 Å². The van der Waals surface area contributed by atoms with Crippen molar-refractivity contribution in [1.29, 1.82) is 0 Å². The third kappa shape index (κ3) is 5.49. The van der Waals surface area contributed by atoms with Gasteiger partial charge in [-0.05, 0) is 109 Å². The van der Waals surface area contributed by atoms with Gasteiger partial charge in [0.2, 0.25) is 0 Å². The molecule has 0 amide bonds. The highest BCUT2D eigenvalue weighted by atomic mass is 32.2. The van der Waals surface area contributed by atoms with Gasteiger partial charge in [-0.25, -0.2) is 9.97 Å². The summed E-state index contributed by atoms with van der Waals surface area (Å²) in [6.45, 7) is 4.37. The third-order valence-electron chi connectivity index (χ3n) is 10.2. The fraction of sp³-hybridized carbons (Fsp3) is 0.0638. The Morgan fingerprint density at radius 2 is 0.811 bits per heavy atom. The number of aromatic nitrogens is 2. The van der Waals surface area contributed by atoms with E-state index in [0.717, 1.165) is 51.3 Å². The summed E-state index contributed by atoms with van der Waals surface area (Å²) in [4.78, 5) is 20.4. The van der Waals surface area contributed by atoms with Gasteiger partial charge in [-0.15, -0.1) is 0 Å². The number of hydrogen-bond donors (Lipinski definition) is 0. The minimum Gasteiger partial charge on any atom is -0.308 e. The van der Waals surface area contributed by atoms with E-state index >= 15 is 0 Å². The molecule has 10 rings (SSSR count). The molecule has 0 atom stereocenters. The molecule has 254 valence electrons. The molecule has 0 bridgehead atoms. The monoisotopic (exact) mass is 718 g/mol. The van der Waals surface area contributed by atoms with Crippen molar-refractivity contribution in [1.82, 2.24) is 9.97 Å². The molecule has 8 aromatic rings. The van der Waals surface area contributed by atoms with Crippen LogP contribution < -0.4 is 9.80 Å². The molecule has 0 saturated heterocycles. The lowest BCUT2D eigenvalue weighted by Gasteiger charge is -2.33. The number of anilines is 6. The smallest absolute Gasteiger partial charge is 0.0973 e. The van der Waals surface area contributed by atoms with Gasteiger partial charge in [0.25, 0.3) is 0 Å². The van der Waals surface area contributed by atoms with Gasteiger partial charge in [0.05, 0.1) is 45.2 Å². The lowest BCUT2D eigenvalue weighted by Crippen LogP contribution is -2.14. The highest BCUT2D eigenvalue weighted by molar-refractivity contribution is 8.00. The molecular weight excluding hydrogens is 685 g/mol. The molecule has 0 radical (unpaired) electrons. The van der Waals surface area contributed by atoms with Crippen LogP contribution in [0, 0.1) is 6.92 Å². The fourth-order valence-corrected chi connectivity index (χ4v) is 9.65. The summed E-state index contributed by atoms with van der Waals surface area (Å²) in [6, 6.07) is 56.6. The molecule has 2 aliphatic rings. The van der Waals surface area contributed by atoms with Crippen LogP contribution in [0.5, 0.6) is 0 Å². The molecule has 0 unspecified atom stereocenters. The maximum Gasteiger partial charge on any atom is 0.0973 e. The van der Waals surface area contributed by atoms with Crippen LogP contribution in [0.2, 0.25) is 0 Å². The molecule has 0 aliphatic carbocycles. The zero-order valence-electron chi connectivity index (χ0n) is 29.3. The molecule has 1 aromatic heterocycles. The highest BCUT2D eigenvalue weighted by Gasteiger charge is 2.26. The van der Waals surface area contributed by atoms with Crippen LogP contribution in [0.25, 0.3) is 33.5 Å². The van der Waals surface area contributed by atoms with E-state index in [4.69, 9.17) is 9.97 Å². The first-order chi connectivity index (χ1) is 26.1.